The third-order valence-corrected chi connectivity index (χ3v) is 0.660. The lowest BCUT2D eigenvalue weighted by Gasteiger charge is -1.89. The Morgan fingerprint density at radius 2 is 2.00 bits per heavy atom. The number of nitrogens with zero attached hydrogens (tertiary/aromatic N) is 1. The number of carbonyl (C=O) groups is 2. The molecule has 0 saturated carbocycles. The van der Waals surface area contributed by atoms with Gasteiger partial charge in [-0.25, -0.2) is 4.79 Å². The van der Waals surface area contributed by atoms with Crippen LogP contribution in [0, 0.1) is 0 Å². The summed E-state index contributed by atoms with van der Waals surface area (Å²) in [4.78, 5) is 23.2. The van der Waals surface area contributed by atoms with Crippen LogP contribution in [0.4, 0.5) is 0 Å². The van der Waals surface area contributed by atoms with Crippen molar-refractivity contribution in [3.05, 3.63) is 0 Å². The van der Waals surface area contributed by atoms with E-state index in [1.165, 1.54) is 7.05 Å². The van der Waals surface area contributed by atoms with E-state index in [4.69, 9.17) is 5.11 Å². The number of hydrogen-bond acceptors (Lipinski definition) is 3. The quantitative estimate of drug-likeness (QED) is 0.356. The second-order valence-electron chi connectivity index (χ2n) is 1.24. The largest absolute Gasteiger partial charge is 0.476 e. The minimum atomic E-state index is -1.40. The fourth-order valence-corrected chi connectivity index (χ4v) is 0.311. The first-order valence-electron chi connectivity index (χ1n) is 2.09. The zero-order valence-corrected chi connectivity index (χ0v) is 4.79. The number of rotatable bonds is 2. The molecule has 3 N–H and O–H groups in total. The van der Waals surface area contributed by atoms with Gasteiger partial charge in [0.15, 0.2) is 0 Å². The molecular weight excluding hydrogens is 124 g/mol. The predicted octanol–water partition coefficient (Wildman–Crippen LogP) is -1.37. The summed E-state index contributed by atoms with van der Waals surface area (Å²) in [5, 5.41) is 8.11. The lowest BCUT2D eigenvalue weighted by atomic mass is 10.4. The molecule has 0 bridgehead atoms. The molecule has 1 amide bonds. The van der Waals surface area contributed by atoms with E-state index in [-0.39, 0.29) is 0 Å². The van der Waals surface area contributed by atoms with Gasteiger partial charge >= 0.3 is 5.97 Å². The SMILES string of the molecule is CN=C(C(N)=O)C(=O)O. The maximum atomic E-state index is 10.1. The van der Waals surface area contributed by atoms with Gasteiger partial charge in [-0.1, -0.05) is 0 Å². The molecule has 0 aromatic heterocycles. The molecule has 0 aliphatic carbocycles. The van der Waals surface area contributed by atoms with Crippen LogP contribution in [0.2, 0.25) is 0 Å². The molecule has 0 atom stereocenters. The highest BCUT2D eigenvalue weighted by molar-refractivity contribution is 6.63. The van der Waals surface area contributed by atoms with Crippen molar-refractivity contribution in [3.8, 4) is 0 Å². The highest BCUT2D eigenvalue weighted by Crippen LogP contribution is 1.74. The Kier molecular flexibility index (Phi) is 2.37. The van der Waals surface area contributed by atoms with Gasteiger partial charge in [0.1, 0.15) is 0 Å². The molecule has 0 aromatic carbocycles. The maximum absolute atomic E-state index is 10.1. The standard InChI is InChI=1S/C4H6N2O3/c1-6-2(3(5)7)4(8)9/h1H3,(H2,5,7)(H,8,9). The van der Waals surface area contributed by atoms with Crippen molar-refractivity contribution in [3.63, 3.8) is 0 Å². The van der Waals surface area contributed by atoms with E-state index < -0.39 is 17.6 Å². The van der Waals surface area contributed by atoms with E-state index in [0.29, 0.717) is 0 Å². The van der Waals surface area contributed by atoms with Crippen molar-refractivity contribution in [1.82, 2.24) is 0 Å². The number of carboxylic acid groups (broad SMARTS) is 1. The number of aliphatic carboxylic acids is 1. The number of primary amides is 1. The summed E-state index contributed by atoms with van der Waals surface area (Å²) in [6, 6.07) is 0. The van der Waals surface area contributed by atoms with Crippen molar-refractivity contribution >= 4 is 17.6 Å². The molecule has 0 unspecified atom stereocenters. The average Bonchev–Trinajstić information content (AvgIpc) is 1.64. The minimum Gasteiger partial charge on any atom is -0.476 e. The lowest BCUT2D eigenvalue weighted by Crippen LogP contribution is -2.30. The van der Waals surface area contributed by atoms with Crippen molar-refractivity contribution in [1.29, 1.82) is 0 Å². The third-order valence-electron chi connectivity index (χ3n) is 0.660. The Hall–Kier alpha value is -1.39. The molecule has 0 saturated heterocycles. The monoisotopic (exact) mass is 130 g/mol. The van der Waals surface area contributed by atoms with Gasteiger partial charge in [-0.15, -0.1) is 0 Å². The highest BCUT2D eigenvalue weighted by Gasteiger charge is 2.13. The Balaban J connectivity index is 4.38. The average molecular weight is 130 g/mol. The van der Waals surface area contributed by atoms with Crippen molar-refractivity contribution in [2.24, 2.45) is 10.7 Å². The highest BCUT2D eigenvalue weighted by atomic mass is 16.4. The molecular formula is C4H6N2O3. The van der Waals surface area contributed by atoms with Gasteiger partial charge in [0.2, 0.25) is 5.71 Å². The predicted molar refractivity (Wildman–Crippen MR) is 30.2 cm³/mol. The molecule has 0 heterocycles. The first-order chi connectivity index (χ1) is 4.09. The minimum absolute atomic E-state index is 0.630. The second kappa shape index (κ2) is 2.81. The zero-order chi connectivity index (χ0) is 7.44. The molecule has 0 rings (SSSR count). The summed E-state index contributed by atoms with van der Waals surface area (Å²) in [5.41, 5.74) is 3.97. The Morgan fingerprint density at radius 3 is 2.00 bits per heavy atom. The number of carbonyl (C=O) groups excluding carboxylic acids is 1. The van der Waals surface area contributed by atoms with E-state index in [1.54, 1.807) is 0 Å². The molecule has 0 aromatic rings. The molecule has 0 spiro atoms. The van der Waals surface area contributed by atoms with Gasteiger partial charge < -0.3 is 10.8 Å². The van der Waals surface area contributed by atoms with Gasteiger partial charge in [0.05, 0.1) is 0 Å². The van der Waals surface area contributed by atoms with Gasteiger partial charge in [-0.2, -0.15) is 0 Å². The molecule has 0 fully saturated rings. The van der Waals surface area contributed by atoms with Gasteiger partial charge in [0.25, 0.3) is 5.91 Å². The normalized spacial score (nSPS) is 11.0. The molecule has 50 valence electrons. The summed E-state index contributed by atoms with van der Waals surface area (Å²) in [6.45, 7) is 0. The zero-order valence-electron chi connectivity index (χ0n) is 4.79. The van der Waals surface area contributed by atoms with E-state index in [9.17, 15) is 9.59 Å². The van der Waals surface area contributed by atoms with E-state index >= 15 is 0 Å². The van der Waals surface area contributed by atoms with Gasteiger partial charge in [-0.3, -0.25) is 9.79 Å². The van der Waals surface area contributed by atoms with Crippen LogP contribution in [0.5, 0.6) is 0 Å². The molecule has 0 aliphatic heterocycles. The van der Waals surface area contributed by atoms with Crippen LogP contribution in [0.25, 0.3) is 0 Å². The fraction of sp³-hybridized carbons (Fsp3) is 0.250. The first-order valence-corrected chi connectivity index (χ1v) is 2.09. The Bertz CT molecular complexity index is 157. The summed E-state index contributed by atoms with van der Waals surface area (Å²) in [7, 11) is 1.19. The van der Waals surface area contributed by atoms with Crippen LogP contribution in [-0.4, -0.2) is 29.7 Å². The molecule has 5 heteroatoms. The smallest absolute Gasteiger partial charge is 0.359 e. The van der Waals surface area contributed by atoms with Crippen LogP contribution in [0.15, 0.2) is 4.99 Å². The van der Waals surface area contributed by atoms with Crippen molar-refractivity contribution < 1.29 is 14.7 Å². The van der Waals surface area contributed by atoms with Crippen molar-refractivity contribution in [2.45, 2.75) is 0 Å². The fourth-order valence-electron chi connectivity index (χ4n) is 0.311. The molecule has 0 radical (unpaired) electrons. The number of amides is 1. The maximum Gasteiger partial charge on any atom is 0.359 e. The Labute approximate surface area is 51.2 Å². The van der Waals surface area contributed by atoms with E-state index in [2.05, 4.69) is 10.7 Å². The van der Waals surface area contributed by atoms with Gasteiger partial charge in [0, 0.05) is 7.05 Å². The topological polar surface area (TPSA) is 92.8 Å². The van der Waals surface area contributed by atoms with Crippen LogP contribution >= 0.6 is 0 Å². The summed E-state index contributed by atoms with van der Waals surface area (Å²) in [6.07, 6.45) is 0. The van der Waals surface area contributed by atoms with E-state index in [1.807, 2.05) is 0 Å². The van der Waals surface area contributed by atoms with Crippen molar-refractivity contribution in [2.75, 3.05) is 7.05 Å². The molecule has 5 nitrogen and oxygen atoms in total. The Morgan fingerprint density at radius 1 is 1.56 bits per heavy atom. The summed E-state index contributed by atoms with van der Waals surface area (Å²) >= 11 is 0. The van der Waals surface area contributed by atoms with Crippen LogP contribution in [-0.2, 0) is 9.59 Å². The van der Waals surface area contributed by atoms with Crippen LogP contribution < -0.4 is 5.73 Å². The van der Waals surface area contributed by atoms with Gasteiger partial charge in [-0.05, 0) is 0 Å². The van der Waals surface area contributed by atoms with Crippen LogP contribution in [0.1, 0.15) is 0 Å². The molecule has 0 aliphatic rings. The third kappa shape index (κ3) is 1.89. The number of hydrogen-bond donors (Lipinski definition) is 2. The van der Waals surface area contributed by atoms with Crippen LogP contribution in [0.3, 0.4) is 0 Å². The number of nitrogens with two attached hydrogens (primary N) is 1. The molecule has 9 heavy (non-hydrogen) atoms. The number of aliphatic imine (C=N–C) groups is 1. The summed E-state index contributed by atoms with van der Waals surface area (Å²) < 4.78 is 0. The van der Waals surface area contributed by atoms with E-state index in [0.717, 1.165) is 0 Å². The first kappa shape index (κ1) is 7.61. The lowest BCUT2D eigenvalue weighted by molar-refractivity contribution is -0.130. The summed E-state index contributed by atoms with van der Waals surface area (Å²) in [5.74, 6) is -2.42. The number of carboxylic acids is 1. The second-order valence-corrected chi connectivity index (χ2v) is 1.24.